The van der Waals surface area contributed by atoms with E-state index >= 15 is 0 Å². The van der Waals surface area contributed by atoms with Crippen LogP contribution in [0.5, 0.6) is 5.75 Å². The van der Waals surface area contributed by atoms with Crippen molar-refractivity contribution in [1.82, 2.24) is 5.32 Å². The lowest BCUT2D eigenvalue weighted by atomic mass is 10.2. The number of nitrogens with one attached hydrogen (secondary N) is 2. The molecule has 23 heavy (non-hydrogen) atoms. The monoisotopic (exact) mass is 338 g/mol. The van der Waals surface area contributed by atoms with Crippen molar-refractivity contribution in [2.24, 2.45) is 0 Å². The van der Waals surface area contributed by atoms with Crippen LogP contribution in [0.4, 0.5) is 5.69 Å². The van der Waals surface area contributed by atoms with Gasteiger partial charge in [0, 0.05) is 12.2 Å². The largest absolute Gasteiger partial charge is 0.492 e. The highest BCUT2D eigenvalue weighted by molar-refractivity contribution is 8.00. The number of carbonyl (C=O) groups excluding carboxylic acids is 2. The van der Waals surface area contributed by atoms with E-state index < -0.39 is 23.2 Å². The Bertz CT molecular complexity index is 607. The number of para-hydroxylation sites is 2. The molecule has 8 heteroatoms. The van der Waals surface area contributed by atoms with E-state index in [-0.39, 0.29) is 18.1 Å². The minimum absolute atomic E-state index is 0.0245. The summed E-state index contributed by atoms with van der Waals surface area (Å²) in [5, 5.41) is 13.4. The lowest BCUT2D eigenvalue weighted by Gasteiger charge is -2.25. The van der Waals surface area contributed by atoms with Crippen LogP contribution in [-0.4, -0.2) is 46.5 Å². The van der Waals surface area contributed by atoms with Crippen molar-refractivity contribution in [3.05, 3.63) is 24.3 Å². The minimum atomic E-state index is -1.07. The van der Waals surface area contributed by atoms with Gasteiger partial charge in [0.1, 0.15) is 11.8 Å². The summed E-state index contributed by atoms with van der Waals surface area (Å²) in [5.74, 6) is -1.01. The second kappa shape index (κ2) is 7.87. The molecule has 0 saturated carbocycles. The van der Waals surface area contributed by atoms with Crippen molar-refractivity contribution in [3.63, 3.8) is 0 Å². The van der Waals surface area contributed by atoms with Crippen LogP contribution < -0.4 is 15.4 Å². The summed E-state index contributed by atoms with van der Waals surface area (Å²) in [6, 6.07) is 6.15. The summed E-state index contributed by atoms with van der Waals surface area (Å²) in [6.07, 6.45) is -0.0245. The summed E-state index contributed by atoms with van der Waals surface area (Å²) in [4.78, 5) is 34.8. The zero-order valence-electron chi connectivity index (χ0n) is 12.6. The molecular weight excluding hydrogens is 320 g/mol. The Morgan fingerprint density at radius 1 is 1.43 bits per heavy atom. The van der Waals surface area contributed by atoms with Gasteiger partial charge in [0.05, 0.1) is 17.5 Å². The van der Waals surface area contributed by atoms with Gasteiger partial charge in [-0.3, -0.25) is 9.59 Å². The third-order valence-corrected chi connectivity index (χ3v) is 4.51. The van der Waals surface area contributed by atoms with E-state index in [9.17, 15) is 14.4 Å². The highest BCUT2D eigenvalue weighted by Crippen LogP contribution is 2.25. The molecule has 1 aromatic carbocycles. The predicted molar refractivity (Wildman–Crippen MR) is 86.7 cm³/mol. The van der Waals surface area contributed by atoms with Crippen molar-refractivity contribution in [2.75, 3.05) is 17.7 Å². The third-order valence-electron chi connectivity index (χ3n) is 3.20. The molecule has 2 atom stereocenters. The zero-order valence-corrected chi connectivity index (χ0v) is 13.4. The Morgan fingerprint density at radius 3 is 2.83 bits per heavy atom. The number of carboxylic acid groups (broad SMARTS) is 1. The van der Waals surface area contributed by atoms with Crippen LogP contribution in [0.1, 0.15) is 13.3 Å². The number of hydrogen-bond acceptors (Lipinski definition) is 5. The summed E-state index contributed by atoms with van der Waals surface area (Å²) >= 11 is 1.18. The first-order valence-corrected chi connectivity index (χ1v) is 8.22. The molecule has 3 N–H and O–H groups in total. The average molecular weight is 338 g/mol. The summed E-state index contributed by atoms with van der Waals surface area (Å²) in [5.41, 5.74) is 0.545. The number of ether oxygens (including phenoxy) is 1. The van der Waals surface area contributed by atoms with Crippen molar-refractivity contribution >= 4 is 35.2 Å². The fraction of sp³-hybridized carbons (Fsp3) is 0.400. The SMILES string of the molecule is CCOc1ccccc1NC(=O)CC1SCC(C(=O)O)NC1=O. The Labute approximate surface area is 137 Å². The van der Waals surface area contributed by atoms with Gasteiger partial charge in [-0.15, -0.1) is 11.8 Å². The van der Waals surface area contributed by atoms with Gasteiger partial charge < -0.3 is 20.5 Å². The van der Waals surface area contributed by atoms with Crippen molar-refractivity contribution in [1.29, 1.82) is 0 Å². The lowest BCUT2D eigenvalue weighted by molar-refractivity contribution is -0.141. The molecule has 7 nitrogen and oxygen atoms in total. The Hall–Kier alpha value is -2.22. The molecule has 1 fully saturated rings. The third kappa shape index (κ3) is 4.62. The molecule has 2 amide bonds. The molecule has 0 aliphatic carbocycles. The maximum atomic E-state index is 12.1. The van der Waals surface area contributed by atoms with Crippen LogP contribution in [0.3, 0.4) is 0 Å². The van der Waals surface area contributed by atoms with Crippen LogP contribution >= 0.6 is 11.8 Å². The number of anilines is 1. The van der Waals surface area contributed by atoms with E-state index in [1.807, 2.05) is 6.92 Å². The van der Waals surface area contributed by atoms with Crippen LogP contribution in [0.25, 0.3) is 0 Å². The zero-order chi connectivity index (χ0) is 16.8. The molecule has 0 radical (unpaired) electrons. The second-order valence-electron chi connectivity index (χ2n) is 4.90. The molecule has 0 aromatic heterocycles. The van der Waals surface area contributed by atoms with Crippen molar-refractivity contribution in [3.8, 4) is 5.75 Å². The van der Waals surface area contributed by atoms with Gasteiger partial charge in [0.25, 0.3) is 0 Å². The summed E-state index contributed by atoms with van der Waals surface area (Å²) in [6.45, 7) is 2.32. The van der Waals surface area contributed by atoms with E-state index in [2.05, 4.69) is 10.6 Å². The molecule has 1 saturated heterocycles. The number of carbonyl (C=O) groups is 3. The molecule has 1 aliphatic heterocycles. The Morgan fingerprint density at radius 2 is 2.17 bits per heavy atom. The van der Waals surface area contributed by atoms with E-state index in [0.717, 1.165) is 0 Å². The lowest BCUT2D eigenvalue weighted by Crippen LogP contribution is -2.51. The number of thioether (sulfide) groups is 1. The standard InChI is InChI=1S/C15H18N2O5S/c1-2-22-11-6-4-3-5-9(11)16-13(18)7-12-14(19)17-10(8-23-12)15(20)21/h3-6,10,12H,2,7-8H2,1H3,(H,16,18)(H,17,19)(H,20,21). The molecule has 2 unspecified atom stereocenters. The van der Waals surface area contributed by atoms with Crippen LogP contribution in [0.2, 0.25) is 0 Å². The van der Waals surface area contributed by atoms with Crippen molar-refractivity contribution in [2.45, 2.75) is 24.6 Å². The second-order valence-corrected chi connectivity index (χ2v) is 6.14. The summed E-state index contributed by atoms with van der Waals surface area (Å²) in [7, 11) is 0. The van der Waals surface area contributed by atoms with E-state index in [1.165, 1.54) is 11.8 Å². The highest BCUT2D eigenvalue weighted by Gasteiger charge is 2.33. The fourth-order valence-corrected chi connectivity index (χ4v) is 3.24. The Kier molecular flexibility index (Phi) is 5.86. The van der Waals surface area contributed by atoms with E-state index in [4.69, 9.17) is 9.84 Å². The highest BCUT2D eigenvalue weighted by atomic mass is 32.2. The van der Waals surface area contributed by atoms with Gasteiger partial charge in [-0.25, -0.2) is 4.79 Å². The topological polar surface area (TPSA) is 105 Å². The van der Waals surface area contributed by atoms with Crippen LogP contribution in [0.15, 0.2) is 24.3 Å². The number of rotatable bonds is 6. The first-order chi connectivity index (χ1) is 11.0. The van der Waals surface area contributed by atoms with Gasteiger partial charge in [-0.05, 0) is 19.1 Å². The van der Waals surface area contributed by atoms with Crippen LogP contribution in [0, 0.1) is 0 Å². The molecule has 2 rings (SSSR count). The minimum Gasteiger partial charge on any atom is -0.492 e. The summed E-state index contributed by atoms with van der Waals surface area (Å²) < 4.78 is 5.42. The van der Waals surface area contributed by atoms with Gasteiger partial charge in [-0.1, -0.05) is 12.1 Å². The number of aliphatic carboxylic acids is 1. The predicted octanol–water partition coefficient (Wildman–Crippen LogP) is 1.10. The smallest absolute Gasteiger partial charge is 0.327 e. The average Bonchev–Trinajstić information content (AvgIpc) is 2.51. The van der Waals surface area contributed by atoms with Gasteiger partial charge in [0.15, 0.2) is 0 Å². The van der Waals surface area contributed by atoms with E-state index in [0.29, 0.717) is 18.0 Å². The normalized spacial score (nSPS) is 20.5. The first kappa shape index (κ1) is 17.1. The quantitative estimate of drug-likeness (QED) is 0.717. The van der Waals surface area contributed by atoms with Crippen LogP contribution in [-0.2, 0) is 14.4 Å². The molecular formula is C15H18N2O5S. The number of amides is 2. The number of carboxylic acids is 1. The molecule has 1 heterocycles. The fourth-order valence-electron chi connectivity index (χ4n) is 2.10. The van der Waals surface area contributed by atoms with Gasteiger partial charge >= 0.3 is 5.97 Å². The molecule has 124 valence electrons. The molecule has 1 aromatic rings. The molecule has 1 aliphatic rings. The maximum Gasteiger partial charge on any atom is 0.327 e. The number of hydrogen-bond donors (Lipinski definition) is 3. The maximum absolute atomic E-state index is 12.1. The molecule has 0 bridgehead atoms. The number of benzene rings is 1. The van der Waals surface area contributed by atoms with Gasteiger partial charge in [0.2, 0.25) is 11.8 Å². The first-order valence-electron chi connectivity index (χ1n) is 7.17. The van der Waals surface area contributed by atoms with Crippen molar-refractivity contribution < 1.29 is 24.2 Å². The molecule has 0 spiro atoms. The Balaban J connectivity index is 1.93. The van der Waals surface area contributed by atoms with Gasteiger partial charge in [-0.2, -0.15) is 0 Å². The van der Waals surface area contributed by atoms with E-state index in [1.54, 1.807) is 24.3 Å².